The summed E-state index contributed by atoms with van der Waals surface area (Å²) in [7, 11) is 2.16. The first kappa shape index (κ1) is 11.0. The van der Waals surface area contributed by atoms with Crippen LogP contribution in [0.5, 0.6) is 5.75 Å². The zero-order valence-corrected chi connectivity index (χ0v) is 10.5. The van der Waals surface area contributed by atoms with Gasteiger partial charge in [0, 0.05) is 13.1 Å². The van der Waals surface area contributed by atoms with Crippen molar-refractivity contribution in [2.24, 2.45) is 5.92 Å². The quantitative estimate of drug-likeness (QED) is 0.834. The lowest BCUT2D eigenvalue weighted by Crippen LogP contribution is -2.44. The van der Waals surface area contributed by atoms with Crippen LogP contribution < -0.4 is 4.74 Å². The predicted octanol–water partition coefficient (Wildman–Crippen LogP) is 2.78. The van der Waals surface area contributed by atoms with Crippen molar-refractivity contribution in [1.82, 2.24) is 4.90 Å². The van der Waals surface area contributed by atoms with E-state index in [0.29, 0.717) is 0 Å². The molecule has 0 saturated carbocycles. The average molecular weight is 270 g/mol. The van der Waals surface area contributed by atoms with Gasteiger partial charge in [0.2, 0.25) is 0 Å². The maximum absolute atomic E-state index is 5.71. The van der Waals surface area contributed by atoms with Gasteiger partial charge in [-0.1, -0.05) is 12.1 Å². The summed E-state index contributed by atoms with van der Waals surface area (Å²) < 4.78 is 6.75. The van der Waals surface area contributed by atoms with E-state index in [1.807, 2.05) is 24.3 Å². The van der Waals surface area contributed by atoms with Crippen LogP contribution in [0.4, 0.5) is 0 Å². The Kier molecular flexibility index (Phi) is 3.65. The van der Waals surface area contributed by atoms with Gasteiger partial charge in [-0.05, 0) is 47.4 Å². The number of hydrogen-bond donors (Lipinski definition) is 0. The Morgan fingerprint density at radius 2 is 2.13 bits per heavy atom. The largest absolute Gasteiger partial charge is 0.492 e. The molecule has 1 heterocycles. The second kappa shape index (κ2) is 4.99. The maximum atomic E-state index is 5.71. The van der Waals surface area contributed by atoms with Crippen molar-refractivity contribution in [2.75, 3.05) is 26.7 Å². The van der Waals surface area contributed by atoms with E-state index in [-0.39, 0.29) is 0 Å². The van der Waals surface area contributed by atoms with E-state index >= 15 is 0 Å². The summed E-state index contributed by atoms with van der Waals surface area (Å²) in [6.07, 6.45) is 1.16. The highest BCUT2D eigenvalue weighted by molar-refractivity contribution is 9.10. The molecule has 0 radical (unpaired) electrons. The van der Waals surface area contributed by atoms with Gasteiger partial charge in [-0.2, -0.15) is 0 Å². The maximum Gasteiger partial charge on any atom is 0.133 e. The molecular formula is C12H16BrNO. The molecule has 1 aliphatic heterocycles. The topological polar surface area (TPSA) is 12.5 Å². The molecule has 82 valence electrons. The van der Waals surface area contributed by atoms with Crippen LogP contribution in [-0.4, -0.2) is 31.6 Å². The van der Waals surface area contributed by atoms with Crippen LogP contribution in [0.3, 0.4) is 0 Å². The van der Waals surface area contributed by atoms with Gasteiger partial charge in [0.05, 0.1) is 11.1 Å². The number of hydrogen-bond acceptors (Lipinski definition) is 2. The Balaban J connectivity index is 1.72. The lowest BCUT2D eigenvalue weighted by atomic mass is 9.98. The molecule has 0 N–H and O–H groups in total. The van der Waals surface area contributed by atoms with E-state index in [1.54, 1.807) is 0 Å². The van der Waals surface area contributed by atoms with Gasteiger partial charge in [0.15, 0.2) is 0 Å². The molecule has 0 aliphatic carbocycles. The predicted molar refractivity (Wildman–Crippen MR) is 65.2 cm³/mol. The molecule has 1 aromatic rings. The SMILES string of the molecule is CN1CC(CCOc2ccccc2Br)C1. The fraction of sp³-hybridized carbons (Fsp3) is 0.500. The fourth-order valence-corrected chi connectivity index (χ4v) is 2.31. The van der Waals surface area contributed by atoms with Crippen LogP contribution in [-0.2, 0) is 0 Å². The van der Waals surface area contributed by atoms with Gasteiger partial charge in [0.1, 0.15) is 5.75 Å². The molecule has 0 spiro atoms. The summed E-state index contributed by atoms with van der Waals surface area (Å²) >= 11 is 3.47. The van der Waals surface area contributed by atoms with Crippen LogP contribution in [0.15, 0.2) is 28.7 Å². The molecule has 2 nitrogen and oxygen atoms in total. The first-order valence-electron chi connectivity index (χ1n) is 5.31. The van der Waals surface area contributed by atoms with E-state index < -0.39 is 0 Å². The monoisotopic (exact) mass is 269 g/mol. The second-order valence-electron chi connectivity index (χ2n) is 4.15. The zero-order chi connectivity index (χ0) is 10.7. The van der Waals surface area contributed by atoms with Gasteiger partial charge >= 0.3 is 0 Å². The van der Waals surface area contributed by atoms with Crippen LogP contribution in [0.1, 0.15) is 6.42 Å². The van der Waals surface area contributed by atoms with Crippen molar-refractivity contribution >= 4 is 15.9 Å². The summed E-state index contributed by atoms with van der Waals surface area (Å²) in [5, 5.41) is 0. The second-order valence-corrected chi connectivity index (χ2v) is 5.01. The van der Waals surface area contributed by atoms with E-state index in [1.165, 1.54) is 13.1 Å². The number of rotatable bonds is 4. The molecule has 1 fully saturated rings. The van der Waals surface area contributed by atoms with Crippen LogP contribution in [0.2, 0.25) is 0 Å². The molecule has 1 aliphatic rings. The minimum absolute atomic E-state index is 0.821. The summed E-state index contributed by atoms with van der Waals surface area (Å²) in [6.45, 7) is 3.26. The molecule has 15 heavy (non-hydrogen) atoms. The van der Waals surface area contributed by atoms with Crippen molar-refractivity contribution in [1.29, 1.82) is 0 Å². The third-order valence-electron chi connectivity index (χ3n) is 2.76. The van der Waals surface area contributed by atoms with Gasteiger partial charge in [-0.3, -0.25) is 0 Å². The summed E-state index contributed by atoms with van der Waals surface area (Å²) in [5.41, 5.74) is 0. The number of nitrogens with zero attached hydrogens (tertiary/aromatic N) is 1. The van der Waals surface area contributed by atoms with Gasteiger partial charge in [-0.25, -0.2) is 0 Å². The third kappa shape index (κ3) is 2.95. The molecule has 0 aromatic heterocycles. The number of likely N-dealkylation sites (tertiary alicyclic amines) is 1. The third-order valence-corrected chi connectivity index (χ3v) is 3.42. The molecule has 1 saturated heterocycles. The number of benzene rings is 1. The van der Waals surface area contributed by atoms with Crippen molar-refractivity contribution in [2.45, 2.75) is 6.42 Å². The first-order chi connectivity index (χ1) is 7.25. The van der Waals surface area contributed by atoms with Crippen molar-refractivity contribution in [3.05, 3.63) is 28.7 Å². The highest BCUT2D eigenvalue weighted by Crippen LogP contribution is 2.24. The number of ether oxygens (including phenoxy) is 1. The molecular weight excluding hydrogens is 254 g/mol. The highest BCUT2D eigenvalue weighted by Gasteiger charge is 2.22. The van der Waals surface area contributed by atoms with Crippen LogP contribution in [0.25, 0.3) is 0 Å². The Bertz CT molecular complexity index is 323. The fourth-order valence-electron chi connectivity index (χ4n) is 1.91. The average Bonchev–Trinajstić information content (AvgIpc) is 2.18. The normalized spacial score (nSPS) is 17.5. The summed E-state index contributed by atoms with van der Waals surface area (Å²) in [4.78, 5) is 2.34. The Labute approximate surface area is 99.4 Å². The number of para-hydroxylation sites is 1. The summed E-state index contributed by atoms with van der Waals surface area (Å²) in [6, 6.07) is 8.00. The minimum Gasteiger partial charge on any atom is -0.492 e. The smallest absolute Gasteiger partial charge is 0.133 e. The van der Waals surface area contributed by atoms with Gasteiger partial charge < -0.3 is 9.64 Å². The zero-order valence-electron chi connectivity index (χ0n) is 8.95. The molecule has 0 bridgehead atoms. The standard InChI is InChI=1S/C12H16BrNO/c1-14-8-10(9-14)6-7-15-12-5-3-2-4-11(12)13/h2-5,10H,6-9H2,1H3. The molecule has 0 atom stereocenters. The first-order valence-corrected chi connectivity index (χ1v) is 6.11. The lowest BCUT2D eigenvalue weighted by Gasteiger charge is -2.36. The molecule has 2 rings (SSSR count). The lowest BCUT2D eigenvalue weighted by molar-refractivity contribution is 0.110. The van der Waals surface area contributed by atoms with E-state index in [2.05, 4.69) is 27.9 Å². The van der Waals surface area contributed by atoms with E-state index in [9.17, 15) is 0 Å². The van der Waals surface area contributed by atoms with Crippen LogP contribution in [0, 0.1) is 5.92 Å². The molecule has 0 unspecified atom stereocenters. The minimum atomic E-state index is 0.821. The Hall–Kier alpha value is -0.540. The van der Waals surface area contributed by atoms with Crippen molar-refractivity contribution in [3.63, 3.8) is 0 Å². The Morgan fingerprint density at radius 3 is 2.80 bits per heavy atom. The Morgan fingerprint density at radius 1 is 1.40 bits per heavy atom. The van der Waals surface area contributed by atoms with E-state index in [4.69, 9.17) is 4.74 Å². The van der Waals surface area contributed by atoms with Crippen LogP contribution >= 0.6 is 15.9 Å². The van der Waals surface area contributed by atoms with Crippen molar-refractivity contribution < 1.29 is 4.74 Å². The van der Waals surface area contributed by atoms with Crippen molar-refractivity contribution in [3.8, 4) is 5.75 Å². The highest BCUT2D eigenvalue weighted by atomic mass is 79.9. The molecule has 1 aromatic carbocycles. The van der Waals surface area contributed by atoms with Gasteiger partial charge in [-0.15, -0.1) is 0 Å². The van der Waals surface area contributed by atoms with Gasteiger partial charge in [0.25, 0.3) is 0 Å². The summed E-state index contributed by atoms with van der Waals surface area (Å²) in [5.74, 6) is 1.78. The molecule has 3 heteroatoms. The molecule has 0 amide bonds. The number of halogens is 1. The van der Waals surface area contributed by atoms with E-state index in [0.717, 1.165) is 29.2 Å².